The lowest BCUT2D eigenvalue weighted by Crippen LogP contribution is -2.27. The Morgan fingerprint density at radius 1 is 1.09 bits per heavy atom. The first-order chi connectivity index (χ1) is 16.3. The number of non-ortho nitro benzene ring substituents is 1. The van der Waals surface area contributed by atoms with Gasteiger partial charge in [-0.1, -0.05) is 41.9 Å². The molecule has 1 fully saturated rings. The first-order valence-corrected chi connectivity index (χ1v) is 11.2. The number of hydrogen-bond donors (Lipinski definition) is 0. The van der Waals surface area contributed by atoms with Gasteiger partial charge in [-0.15, -0.1) is 0 Å². The number of nitro groups is 1. The van der Waals surface area contributed by atoms with Crippen molar-refractivity contribution in [2.24, 2.45) is 0 Å². The fraction of sp³-hybridized carbons (Fsp3) is 0.0833. The van der Waals surface area contributed by atoms with Crippen molar-refractivity contribution in [1.82, 2.24) is 4.90 Å². The lowest BCUT2D eigenvalue weighted by Gasteiger charge is -2.12. The molecule has 7 nitrogen and oxygen atoms in total. The molecule has 10 heteroatoms. The number of halogens is 2. The summed E-state index contributed by atoms with van der Waals surface area (Å²) in [5.41, 5.74) is 1.38. The van der Waals surface area contributed by atoms with E-state index < -0.39 is 21.9 Å². The third-order valence-corrected chi connectivity index (χ3v) is 6.22. The van der Waals surface area contributed by atoms with Gasteiger partial charge in [0.25, 0.3) is 16.8 Å². The number of carbonyl (C=O) groups excluding carboxylic acids is 2. The number of rotatable bonds is 7. The third-order valence-electron chi connectivity index (χ3n) is 4.96. The number of nitro benzene ring substituents is 1. The van der Waals surface area contributed by atoms with Crippen LogP contribution in [0.25, 0.3) is 6.08 Å². The summed E-state index contributed by atoms with van der Waals surface area (Å²) in [6.45, 7) is -0.0622. The van der Waals surface area contributed by atoms with Gasteiger partial charge >= 0.3 is 0 Å². The second-order valence-electron chi connectivity index (χ2n) is 7.25. The topological polar surface area (TPSA) is 89.8 Å². The number of imide groups is 1. The average Bonchev–Trinajstić information content (AvgIpc) is 3.06. The van der Waals surface area contributed by atoms with Crippen LogP contribution in [-0.4, -0.2) is 21.0 Å². The zero-order valence-corrected chi connectivity index (χ0v) is 19.0. The molecule has 0 atom stereocenters. The van der Waals surface area contributed by atoms with Crippen molar-refractivity contribution >= 4 is 46.3 Å². The molecule has 1 saturated heterocycles. The van der Waals surface area contributed by atoms with Crippen LogP contribution < -0.4 is 4.74 Å². The van der Waals surface area contributed by atoms with Crippen LogP contribution in [0.15, 0.2) is 71.6 Å². The first-order valence-electron chi connectivity index (χ1n) is 9.96. The van der Waals surface area contributed by atoms with Crippen LogP contribution in [0.1, 0.15) is 16.7 Å². The van der Waals surface area contributed by atoms with Crippen molar-refractivity contribution in [3.05, 3.63) is 109 Å². The summed E-state index contributed by atoms with van der Waals surface area (Å²) in [4.78, 5) is 36.8. The Kier molecular flexibility index (Phi) is 6.95. The molecule has 1 aliphatic heterocycles. The molecule has 1 heterocycles. The van der Waals surface area contributed by atoms with Crippen molar-refractivity contribution < 1.29 is 23.6 Å². The van der Waals surface area contributed by atoms with E-state index in [0.717, 1.165) is 16.7 Å². The smallest absolute Gasteiger partial charge is 0.293 e. The van der Waals surface area contributed by atoms with Crippen LogP contribution in [-0.2, 0) is 17.9 Å². The van der Waals surface area contributed by atoms with Gasteiger partial charge in [-0.25, -0.2) is 4.39 Å². The van der Waals surface area contributed by atoms with Crippen LogP contribution in [0.3, 0.4) is 0 Å². The molecular weight excluding hydrogens is 483 g/mol. The van der Waals surface area contributed by atoms with Gasteiger partial charge in [0, 0.05) is 17.7 Å². The third kappa shape index (κ3) is 5.27. The maximum atomic E-state index is 14.0. The highest BCUT2D eigenvalue weighted by atomic mass is 35.5. The number of nitrogens with zero attached hydrogens (tertiary/aromatic N) is 2. The monoisotopic (exact) mass is 498 g/mol. The number of benzene rings is 3. The molecule has 1 aliphatic rings. The van der Waals surface area contributed by atoms with E-state index in [9.17, 15) is 24.1 Å². The highest BCUT2D eigenvalue weighted by Crippen LogP contribution is 2.34. The zero-order valence-electron chi connectivity index (χ0n) is 17.4. The molecule has 0 N–H and O–H groups in total. The molecule has 4 rings (SSSR count). The predicted molar refractivity (Wildman–Crippen MR) is 127 cm³/mol. The van der Waals surface area contributed by atoms with Crippen molar-refractivity contribution in [2.45, 2.75) is 13.2 Å². The molecule has 0 radical (unpaired) electrons. The van der Waals surface area contributed by atoms with Crippen molar-refractivity contribution in [3.8, 4) is 5.75 Å². The average molecular weight is 499 g/mol. The standard InChI is InChI=1S/C24H16ClFN2O5S/c25-20-5-2-6-21(26)19(20)14-33-18-4-1-3-16(11-18)12-22-23(29)27(24(30)34-22)13-15-7-9-17(10-8-15)28(31)32/h1-12H,13-14H2/b22-12+. The molecule has 0 aromatic heterocycles. The van der Waals surface area contributed by atoms with Gasteiger partial charge in [0.2, 0.25) is 0 Å². The Hall–Kier alpha value is -3.69. The van der Waals surface area contributed by atoms with E-state index in [-0.39, 0.29) is 34.3 Å². The Morgan fingerprint density at radius 2 is 1.82 bits per heavy atom. The number of thioether (sulfide) groups is 1. The number of carbonyl (C=O) groups is 2. The Balaban J connectivity index is 1.46. The summed E-state index contributed by atoms with van der Waals surface area (Å²) in [7, 11) is 0. The molecule has 0 spiro atoms. The maximum Gasteiger partial charge on any atom is 0.293 e. The molecule has 0 aliphatic carbocycles. The molecule has 0 saturated carbocycles. The van der Waals surface area contributed by atoms with Gasteiger partial charge in [0.1, 0.15) is 18.2 Å². The lowest BCUT2D eigenvalue weighted by molar-refractivity contribution is -0.384. The zero-order chi connectivity index (χ0) is 24.2. The van der Waals surface area contributed by atoms with Crippen molar-refractivity contribution in [2.75, 3.05) is 0 Å². The van der Waals surface area contributed by atoms with Gasteiger partial charge in [-0.05, 0) is 53.2 Å². The highest BCUT2D eigenvalue weighted by Gasteiger charge is 2.35. The largest absolute Gasteiger partial charge is 0.489 e. The number of hydrogen-bond acceptors (Lipinski definition) is 6. The summed E-state index contributed by atoms with van der Waals surface area (Å²) in [6, 6.07) is 16.9. The van der Waals surface area contributed by atoms with Gasteiger partial charge in [0.15, 0.2) is 0 Å². The Bertz CT molecular complexity index is 1290. The van der Waals surface area contributed by atoms with Crippen molar-refractivity contribution in [1.29, 1.82) is 0 Å². The SMILES string of the molecule is O=C1S/C(=C/c2cccc(OCc3c(F)cccc3Cl)c2)C(=O)N1Cc1ccc([N+](=O)[O-])cc1. The van der Waals surface area contributed by atoms with Gasteiger partial charge < -0.3 is 4.74 Å². The van der Waals surface area contributed by atoms with Crippen LogP contribution in [0, 0.1) is 15.9 Å². The Labute approximate surface area is 202 Å². The van der Waals surface area contributed by atoms with Crippen molar-refractivity contribution in [3.63, 3.8) is 0 Å². The molecule has 172 valence electrons. The van der Waals surface area contributed by atoms with E-state index in [0.29, 0.717) is 16.9 Å². The molecule has 2 amide bonds. The molecule has 3 aromatic carbocycles. The predicted octanol–water partition coefficient (Wildman–Crippen LogP) is 6.20. The van der Waals surface area contributed by atoms with Crippen LogP contribution in [0.2, 0.25) is 5.02 Å². The van der Waals surface area contributed by atoms with Crippen LogP contribution in [0.5, 0.6) is 5.75 Å². The summed E-state index contributed by atoms with van der Waals surface area (Å²) in [5, 5.41) is 10.6. The second kappa shape index (κ2) is 10.1. The molecular formula is C24H16ClFN2O5S. The molecule has 0 unspecified atom stereocenters. The minimum atomic E-state index is -0.518. The van der Waals surface area contributed by atoms with E-state index in [4.69, 9.17) is 16.3 Å². The number of amides is 2. The molecule has 34 heavy (non-hydrogen) atoms. The van der Waals surface area contributed by atoms with Crippen LogP contribution in [0.4, 0.5) is 14.9 Å². The van der Waals surface area contributed by atoms with E-state index in [1.807, 2.05) is 0 Å². The maximum absolute atomic E-state index is 14.0. The van der Waals surface area contributed by atoms with E-state index >= 15 is 0 Å². The summed E-state index contributed by atoms with van der Waals surface area (Å²) < 4.78 is 19.6. The van der Waals surface area contributed by atoms with Crippen LogP contribution >= 0.6 is 23.4 Å². The number of ether oxygens (including phenoxy) is 1. The second-order valence-corrected chi connectivity index (χ2v) is 8.65. The van der Waals surface area contributed by atoms with E-state index in [1.54, 1.807) is 36.4 Å². The normalized spacial score (nSPS) is 14.6. The quantitative estimate of drug-likeness (QED) is 0.219. The van der Waals surface area contributed by atoms with Gasteiger partial charge in [0.05, 0.1) is 21.4 Å². The fourth-order valence-electron chi connectivity index (χ4n) is 3.21. The minimum absolute atomic E-state index is 0.00650. The Morgan fingerprint density at radius 3 is 2.53 bits per heavy atom. The summed E-state index contributed by atoms with van der Waals surface area (Å²) in [6.07, 6.45) is 1.57. The minimum Gasteiger partial charge on any atom is -0.489 e. The lowest BCUT2D eigenvalue weighted by atomic mass is 10.1. The van der Waals surface area contributed by atoms with E-state index in [2.05, 4.69) is 0 Å². The highest BCUT2D eigenvalue weighted by molar-refractivity contribution is 8.18. The fourth-order valence-corrected chi connectivity index (χ4v) is 4.27. The van der Waals surface area contributed by atoms with Gasteiger partial charge in [-0.2, -0.15) is 0 Å². The first kappa shape index (κ1) is 23.5. The van der Waals surface area contributed by atoms with E-state index in [1.165, 1.54) is 36.4 Å². The molecule has 0 bridgehead atoms. The molecule has 3 aromatic rings. The summed E-state index contributed by atoms with van der Waals surface area (Å²) >= 11 is 6.83. The van der Waals surface area contributed by atoms with Gasteiger partial charge in [-0.3, -0.25) is 24.6 Å². The summed E-state index contributed by atoms with van der Waals surface area (Å²) in [5.74, 6) is -0.485.